The minimum atomic E-state index is -4.51. The highest BCUT2D eigenvalue weighted by Gasteiger charge is 2.33. The fourth-order valence-corrected chi connectivity index (χ4v) is 1.93. The SMILES string of the molecule is CC(C)Nc1nccc(Nc2ccc(Cl)cc2C(F)(F)F)n1. The summed E-state index contributed by atoms with van der Waals surface area (Å²) in [7, 11) is 0. The number of hydrogen-bond acceptors (Lipinski definition) is 4. The molecule has 2 aromatic rings. The smallest absolute Gasteiger partial charge is 0.352 e. The van der Waals surface area contributed by atoms with Crippen molar-refractivity contribution in [1.29, 1.82) is 0 Å². The molecule has 118 valence electrons. The molecule has 0 aliphatic heterocycles. The molecule has 0 aliphatic rings. The number of nitrogens with one attached hydrogen (secondary N) is 2. The van der Waals surface area contributed by atoms with Crippen LogP contribution in [0.3, 0.4) is 0 Å². The van der Waals surface area contributed by atoms with Crippen molar-refractivity contribution in [3.63, 3.8) is 0 Å². The van der Waals surface area contributed by atoms with Crippen molar-refractivity contribution < 1.29 is 13.2 Å². The Morgan fingerprint density at radius 3 is 2.55 bits per heavy atom. The zero-order valence-corrected chi connectivity index (χ0v) is 12.6. The van der Waals surface area contributed by atoms with Crippen molar-refractivity contribution in [2.75, 3.05) is 10.6 Å². The standard InChI is InChI=1S/C14H14ClF3N4/c1-8(2)20-13-19-6-5-12(22-13)21-11-4-3-9(15)7-10(11)14(16,17)18/h3-8H,1-2H3,(H2,19,20,21,22). The third kappa shape index (κ3) is 4.24. The summed E-state index contributed by atoms with van der Waals surface area (Å²) >= 11 is 5.64. The molecule has 1 aromatic heterocycles. The number of anilines is 3. The predicted octanol–water partition coefficient (Wildman–Crippen LogP) is 4.71. The first-order chi connectivity index (χ1) is 10.3. The normalized spacial score (nSPS) is 11.6. The summed E-state index contributed by atoms with van der Waals surface area (Å²) in [5, 5.41) is 5.65. The Balaban J connectivity index is 2.31. The van der Waals surface area contributed by atoms with Crippen molar-refractivity contribution in [2.24, 2.45) is 0 Å². The second-order valence-corrected chi connectivity index (χ2v) is 5.31. The van der Waals surface area contributed by atoms with Crippen LogP contribution >= 0.6 is 11.6 Å². The number of hydrogen-bond donors (Lipinski definition) is 2. The van der Waals surface area contributed by atoms with Gasteiger partial charge in [-0.3, -0.25) is 0 Å². The van der Waals surface area contributed by atoms with Crippen molar-refractivity contribution in [3.8, 4) is 0 Å². The Labute approximate surface area is 130 Å². The predicted molar refractivity (Wildman–Crippen MR) is 80.5 cm³/mol. The van der Waals surface area contributed by atoms with Crippen LogP contribution in [0.4, 0.5) is 30.6 Å². The molecule has 0 radical (unpaired) electrons. The van der Waals surface area contributed by atoms with Crippen LogP contribution < -0.4 is 10.6 Å². The second kappa shape index (κ2) is 6.39. The molecule has 4 nitrogen and oxygen atoms in total. The van der Waals surface area contributed by atoms with Crippen LogP contribution in [-0.2, 0) is 6.18 Å². The average Bonchev–Trinajstić information content (AvgIpc) is 2.39. The first-order valence-corrected chi connectivity index (χ1v) is 6.87. The Morgan fingerprint density at radius 1 is 1.18 bits per heavy atom. The molecule has 0 amide bonds. The lowest BCUT2D eigenvalue weighted by molar-refractivity contribution is -0.136. The van der Waals surface area contributed by atoms with Crippen LogP contribution in [0, 0.1) is 0 Å². The molecule has 0 aliphatic carbocycles. The minimum Gasteiger partial charge on any atom is -0.352 e. The van der Waals surface area contributed by atoms with Gasteiger partial charge < -0.3 is 10.6 Å². The fourth-order valence-electron chi connectivity index (χ4n) is 1.75. The summed E-state index contributed by atoms with van der Waals surface area (Å²) in [6, 6.07) is 5.12. The molecule has 0 atom stereocenters. The van der Waals surface area contributed by atoms with E-state index in [-0.39, 0.29) is 22.6 Å². The van der Waals surface area contributed by atoms with Crippen molar-refractivity contribution in [3.05, 3.63) is 41.0 Å². The molecule has 2 N–H and O–H groups in total. The van der Waals surface area contributed by atoms with Crippen LogP contribution in [0.5, 0.6) is 0 Å². The van der Waals surface area contributed by atoms with E-state index in [1.165, 1.54) is 24.4 Å². The molecule has 0 bridgehead atoms. The van der Waals surface area contributed by atoms with E-state index < -0.39 is 11.7 Å². The molecule has 0 spiro atoms. The molecule has 0 saturated carbocycles. The van der Waals surface area contributed by atoms with E-state index in [0.717, 1.165) is 6.07 Å². The van der Waals surface area contributed by atoms with Crippen LogP contribution in [0.2, 0.25) is 5.02 Å². The minimum absolute atomic E-state index is 0.0164. The molecule has 1 heterocycles. The lowest BCUT2D eigenvalue weighted by Gasteiger charge is -2.15. The Kier molecular flexibility index (Phi) is 4.75. The molecular weight excluding hydrogens is 317 g/mol. The van der Waals surface area contributed by atoms with E-state index in [9.17, 15) is 13.2 Å². The number of rotatable bonds is 4. The van der Waals surface area contributed by atoms with Gasteiger partial charge in [0.25, 0.3) is 0 Å². The van der Waals surface area contributed by atoms with Gasteiger partial charge in [-0.25, -0.2) is 4.98 Å². The molecule has 8 heteroatoms. The molecule has 0 fully saturated rings. The average molecular weight is 331 g/mol. The first kappa shape index (κ1) is 16.4. The lowest BCUT2D eigenvalue weighted by Crippen LogP contribution is -2.13. The first-order valence-electron chi connectivity index (χ1n) is 6.49. The number of nitrogens with zero attached hydrogens (tertiary/aromatic N) is 2. The van der Waals surface area contributed by atoms with Gasteiger partial charge in [0.15, 0.2) is 0 Å². The summed E-state index contributed by atoms with van der Waals surface area (Å²) in [5.41, 5.74) is -0.969. The highest BCUT2D eigenvalue weighted by atomic mass is 35.5. The summed E-state index contributed by atoms with van der Waals surface area (Å²) < 4.78 is 39.1. The van der Waals surface area contributed by atoms with Crippen LogP contribution in [0.25, 0.3) is 0 Å². The third-order valence-electron chi connectivity index (χ3n) is 2.62. The van der Waals surface area contributed by atoms with Crippen molar-refractivity contribution in [1.82, 2.24) is 9.97 Å². The Bertz CT molecular complexity index is 659. The molecular formula is C14H14ClF3N4. The largest absolute Gasteiger partial charge is 0.418 e. The molecule has 2 rings (SSSR count). The Hall–Kier alpha value is -2.02. The highest BCUT2D eigenvalue weighted by molar-refractivity contribution is 6.30. The molecule has 0 saturated heterocycles. The monoisotopic (exact) mass is 330 g/mol. The van der Waals surface area contributed by atoms with E-state index in [2.05, 4.69) is 20.6 Å². The van der Waals surface area contributed by atoms with Crippen LogP contribution in [0.15, 0.2) is 30.5 Å². The van der Waals surface area contributed by atoms with Crippen molar-refractivity contribution >= 4 is 29.1 Å². The van der Waals surface area contributed by atoms with E-state index in [1.54, 1.807) is 0 Å². The second-order valence-electron chi connectivity index (χ2n) is 4.88. The van der Waals surface area contributed by atoms with Crippen LogP contribution in [-0.4, -0.2) is 16.0 Å². The van der Waals surface area contributed by atoms with Crippen LogP contribution in [0.1, 0.15) is 19.4 Å². The maximum atomic E-state index is 13.0. The Morgan fingerprint density at radius 2 is 1.91 bits per heavy atom. The maximum Gasteiger partial charge on any atom is 0.418 e. The van der Waals surface area contributed by atoms with E-state index in [0.29, 0.717) is 5.95 Å². The highest BCUT2D eigenvalue weighted by Crippen LogP contribution is 2.37. The van der Waals surface area contributed by atoms with Gasteiger partial charge in [-0.2, -0.15) is 18.2 Å². The zero-order valence-electron chi connectivity index (χ0n) is 11.9. The maximum absolute atomic E-state index is 13.0. The van der Waals surface area contributed by atoms with E-state index in [1.807, 2.05) is 13.8 Å². The summed E-state index contributed by atoms with van der Waals surface area (Å²) in [4.78, 5) is 8.12. The van der Waals surface area contributed by atoms with Gasteiger partial charge in [0.2, 0.25) is 5.95 Å². The number of benzene rings is 1. The zero-order chi connectivity index (χ0) is 16.3. The van der Waals surface area contributed by atoms with Gasteiger partial charge in [-0.05, 0) is 38.1 Å². The summed E-state index contributed by atoms with van der Waals surface area (Å²) in [5.74, 6) is 0.591. The van der Waals surface area contributed by atoms with Gasteiger partial charge in [0.1, 0.15) is 5.82 Å². The summed E-state index contributed by atoms with van der Waals surface area (Å²) in [6.07, 6.45) is -3.05. The van der Waals surface area contributed by atoms with Crippen molar-refractivity contribution in [2.45, 2.75) is 26.1 Å². The number of aromatic nitrogens is 2. The topological polar surface area (TPSA) is 49.8 Å². The summed E-state index contributed by atoms with van der Waals surface area (Å²) in [6.45, 7) is 3.81. The van der Waals surface area contributed by atoms with Gasteiger partial charge in [0, 0.05) is 17.3 Å². The van der Waals surface area contributed by atoms with Gasteiger partial charge in [-0.15, -0.1) is 0 Å². The van der Waals surface area contributed by atoms with Gasteiger partial charge >= 0.3 is 6.18 Å². The van der Waals surface area contributed by atoms with Gasteiger partial charge in [0.05, 0.1) is 11.3 Å². The van der Waals surface area contributed by atoms with Gasteiger partial charge in [-0.1, -0.05) is 11.6 Å². The molecule has 0 unspecified atom stereocenters. The third-order valence-corrected chi connectivity index (χ3v) is 2.86. The molecule has 22 heavy (non-hydrogen) atoms. The lowest BCUT2D eigenvalue weighted by atomic mass is 10.1. The number of alkyl halides is 3. The molecule has 1 aromatic carbocycles. The fraction of sp³-hybridized carbons (Fsp3) is 0.286. The van der Waals surface area contributed by atoms with E-state index in [4.69, 9.17) is 11.6 Å². The quantitative estimate of drug-likeness (QED) is 0.852. The van der Waals surface area contributed by atoms with E-state index >= 15 is 0 Å². The number of halogens is 4.